The number of nitrogens with zero attached hydrogens (tertiary/aromatic N) is 2. The van der Waals surface area contributed by atoms with Gasteiger partial charge in [0.05, 0.1) is 16.3 Å². The van der Waals surface area contributed by atoms with E-state index in [2.05, 4.69) is 0 Å². The zero-order valence-electron chi connectivity index (χ0n) is 14.3. The number of nitro groups is 1. The Kier molecular flexibility index (Phi) is 4.38. The summed E-state index contributed by atoms with van der Waals surface area (Å²) in [6.45, 7) is 0. The van der Waals surface area contributed by atoms with Crippen LogP contribution in [-0.2, 0) is 12.8 Å². The fourth-order valence-electron chi connectivity index (χ4n) is 3.41. The van der Waals surface area contributed by atoms with Gasteiger partial charge >= 0.3 is 0 Å². The second-order valence-electron chi connectivity index (χ2n) is 6.32. The van der Waals surface area contributed by atoms with Gasteiger partial charge in [-0.05, 0) is 48.2 Å². The van der Waals surface area contributed by atoms with Crippen molar-refractivity contribution in [2.45, 2.75) is 12.8 Å². The van der Waals surface area contributed by atoms with Crippen LogP contribution in [0.2, 0.25) is 5.02 Å². The Labute approximate surface area is 161 Å². The lowest BCUT2D eigenvalue weighted by atomic mass is 10.0. The van der Waals surface area contributed by atoms with Crippen LogP contribution in [0, 0.1) is 10.1 Å². The molecule has 0 atom stereocenters. The van der Waals surface area contributed by atoms with E-state index in [1.54, 1.807) is 4.90 Å². The largest absolute Gasteiger partial charge is 0.288 e. The molecule has 1 aliphatic rings. The quantitative estimate of drug-likeness (QED) is 0.447. The molecule has 1 heterocycles. The number of benzene rings is 3. The van der Waals surface area contributed by atoms with Crippen LogP contribution in [0.25, 0.3) is 0 Å². The van der Waals surface area contributed by atoms with Gasteiger partial charge < -0.3 is 0 Å². The number of rotatable bonds is 2. The van der Waals surface area contributed by atoms with Crippen molar-refractivity contribution in [2.75, 3.05) is 4.90 Å². The van der Waals surface area contributed by atoms with E-state index < -0.39 is 4.92 Å². The van der Waals surface area contributed by atoms with E-state index in [1.165, 1.54) is 18.2 Å². The standard InChI is InChI=1S/C21H15ClN2O3/c22-17-12-11-16(13-20(17)24(26)27)21(25)23-18-7-3-1-5-14(18)9-10-15-6-2-4-8-19(15)23/h1-8,11-13H,9-10H2. The van der Waals surface area contributed by atoms with Gasteiger partial charge in [0.1, 0.15) is 5.02 Å². The number of hydrogen-bond acceptors (Lipinski definition) is 3. The molecular weight excluding hydrogens is 364 g/mol. The first-order valence-electron chi connectivity index (χ1n) is 8.50. The molecule has 0 aliphatic carbocycles. The van der Waals surface area contributed by atoms with Crippen molar-refractivity contribution in [3.63, 3.8) is 0 Å². The highest BCUT2D eigenvalue weighted by atomic mass is 35.5. The minimum absolute atomic E-state index is 0.00761. The Morgan fingerprint density at radius 2 is 1.48 bits per heavy atom. The van der Waals surface area contributed by atoms with Crippen LogP contribution in [0.5, 0.6) is 0 Å². The number of hydrogen-bond donors (Lipinski definition) is 0. The maximum absolute atomic E-state index is 13.4. The molecule has 27 heavy (non-hydrogen) atoms. The summed E-state index contributed by atoms with van der Waals surface area (Å²) >= 11 is 5.90. The van der Waals surface area contributed by atoms with Crippen molar-refractivity contribution in [3.05, 3.63) is 98.6 Å². The lowest BCUT2D eigenvalue weighted by Crippen LogP contribution is -2.27. The van der Waals surface area contributed by atoms with Crippen molar-refractivity contribution in [1.82, 2.24) is 0 Å². The van der Waals surface area contributed by atoms with Crippen molar-refractivity contribution in [3.8, 4) is 0 Å². The summed E-state index contributed by atoms with van der Waals surface area (Å²) in [5.74, 6) is -0.323. The van der Waals surface area contributed by atoms with E-state index in [0.717, 1.165) is 35.3 Å². The topological polar surface area (TPSA) is 63.4 Å². The number of aryl methyl sites for hydroxylation is 2. The lowest BCUT2D eigenvalue weighted by Gasteiger charge is -2.25. The summed E-state index contributed by atoms with van der Waals surface area (Å²) in [6.07, 6.45) is 1.63. The Morgan fingerprint density at radius 3 is 2.04 bits per heavy atom. The van der Waals surface area contributed by atoms with Gasteiger partial charge in [-0.3, -0.25) is 19.8 Å². The van der Waals surface area contributed by atoms with Crippen LogP contribution in [0.15, 0.2) is 66.7 Å². The summed E-state index contributed by atoms with van der Waals surface area (Å²) in [7, 11) is 0. The normalized spacial score (nSPS) is 12.7. The van der Waals surface area contributed by atoms with Gasteiger partial charge in [0.2, 0.25) is 0 Å². The molecule has 0 fully saturated rings. The molecule has 0 bridgehead atoms. The van der Waals surface area contributed by atoms with Crippen molar-refractivity contribution < 1.29 is 9.72 Å². The van der Waals surface area contributed by atoms with Crippen molar-refractivity contribution in [1.29, 1.82) is 0 Å². The first-order valence-corrected chi connectivity index (χ1v) is 8.88. The van der Waals surface area contributed by atoms with Crippen LogP contribution < -0.4 is 4.90 Å². The molecule has 0 spiro atoms. The van der Waals surface area contributed by atoms with E-state index >= 15 is 0 Å². The number of para-hydroxylation sites is 2. The Balaban J connectivity index is 1.89. The fraction of sp³-hybridized carbons (Fsp3) is 0.0952. The van der Waals surface area contributed by atoms with E-state index in [1.807, 2.05) is 48.5 Å². The zero-order chi connectivity index (χ0) is 19.0. The SMILES string of the molecule is O=C(c1ccc(Cl)c([N+](=O)[O-])c1)N1c2ccccc2CCc2ccccc21. The first kappa shape index (κ1) is 17.2. The summed E-state index contributed by atoms with van der Waals surface area (Å²) in [6, 6.07) is 19.6. The molecule has 3 aromatic carbocycles. The highest BCUT2D eigenvalue weighted by Gasteiger charge is 2.27. The average molecular weight is 379 g/mol. The number of nitro benzene ring substituents is 1. The molecule has 4 rings (SSSR count). The number of fused-ring (bicyclic) bond motifs is 2. The third kappa shape index (κ3) is 3.06. The van der Waals surface area contributed by atoms with Gasteiger partial charge in [-0.1, -0.05) is 48.0 Å². The minimum Gasteiger partial charge on any atom is -0.276 e. The number of halogens is 1. The minimum atomic E-state index is -0.580. The Bertz CT molecular complexity index is 1020. The Hall–Kier alpha value is -3.18. The van der Waals surface area contributed by atoms with E-state index in [-0.39, 0.29) is 22.2 Å². The average Bonchev–Trinajstić information content (AvgIpc) is 2.84. The molecule has 1 amide bonds. The highest BCUT2D eigenvalue weighted by Crippen LogP contribution is 2.37. The van der Waals surface area contributed by atoms with Crippen molar-refractivity contribution >= 4 is 34.6 Å². The van der Waals surface area contributed by atoms with Gasteiger partial charge in [-0.25, -0.2) is 0 Å². The molecule has 1 aliphatic heterocycles. The van der Waals surface area contributed by atoms with Crippen LogP contribution in [0.1, 0.15) is 21.5 Å². The second-order valence-corrected chi connectivity index (χ2v) is 6.73. The van der Waals surface area contributed by atoms with Crippen LogP contribution in [0.4, 0.5) is 17.1 Å². The molecule has 5 nitrogen and oxygen atoms in total. The predicted molar refractivity (Wildman–Crippen MR) is 105 cm³/mol. The molecule has 3 aromatic rings. The summed E-state index contributed by atoms with van der Waals surface area (Å²) < 4.78 is 0. The first-order chi connectivity index (χ1) is 13.1. The predicted octanol–water partition coefficient (Wildman–Crippen LogP) is 5.33. The molecule has 0 unspecified atom stereocenters. The monoisotopic (exact) mass is 378 g/mol. The summed E-state index contributed by atoms with van der Waals surface area (Å²) in [5.41, 5.74) is 3.66. The Morgan fingerprint density at radius 1 is 0.926 bits per heavy atom. The van der Waals surface area contributed by atoms with Gasteiger partial charge in [0.25, 0.3) is 11.6 Å². The number of anilines is 2. The number of amides is 1. The van der Waals surface area contributed by atoms with Crippen LogP contribution in [-0.4, -0.2) is 10.8 Å². The maximum atomic E-state index is 13.4. The maximum Gasteiger partial charge on any atom is 0.288 e. The molecule has 0 radical (unpaired) electrons. The fourth-order valence-corrected chi connectivity index (χ4v) is 3.60. The summed E-state index contributed by atoms with van der Waals surface area (Å²) in [4.78, 5) is 25.7. The second kappa shape index (κ2) is 6.85. The van der Waals surface area contributed by atoms with Gasteiger partial charge in [-0.2, -0.15) is 0 Å². The van der Waals surface area contributed by atoms with E-state index in [9.17, 15) is 14.9 Å². The van der Waals surface area contributed by atoms with Gasteiger partial charge in [0, 0.05) is 11.6 Å². The van der Waals surface area contributed by atoms with Crippen molar-refractivity contribution in [2.24, 2.45) is 0 Å². The summed E-state index contributed by atoms with van der Waals surface area (Å²) in [5, 5.41) is 11.2. The van der Waals surface area contributed by atoms with Gasteiger partial charge in [0.15, 0.2) is 0 Å². The zero-order valence-corrected chi connectivity index (χ0v) is 15.0. The van der Waals surface area contributed by atoms with E-state index in [4.69, 9.17) is 11.6 Å². The van der Waals surface area contributed by atoms with E-state index in [0.29, 0.717) is 0 Å². The van der Waals surface area contributed by atoms with Crippen LogP contribution >= 0.6 is 11.6 Å². The van der Waals surface area contributed by atoms with Crippen LogP contribution in [0.3, 0.4) is 0 Å². The smallest absolute Gasteiger partial charge is 0.276 e. The lowest BCUT2D eigenvalue weighted by molar-refractivity contribution is -0.384. The molecule has 0 saturated heterocycles. The third-order valence-electron chi connectivity index (χ3n) is 4.72. The molecule has 6 heteroatoms. The molecule has 0 aromatic heterocycles. The molecule has 0 N–H and O–H groups in total. The highest BCUT2D eigenvalue weighted by molar-refractivity contribution is 6.32. The number of carbonyl (C=O) groups is 1. The van der Waals surface area contributed by atoms with Gasteiger partial charge in [-0.15, -0.1) is 0 Å². The third-order valence-corrected chi connectivity index (χ3v) is 5.04. The number of carbonyl (C=O) groups excluding carboxylic acids is 1. The molecule has 134 valence electrons. The molecule has 0 saturated carbocycles. The molecular formula is C21H15ClN2O3.